The lowest BCUT2D eigenvalue weighted by atomic mass is 9.75. The van der Waals surface area contributed by atoms with Crippen LogP contribution in [0.1, 0.15) is 23.1 Å². The van der Waals surface area contributed by atoms with Crippen molar-refractivity contribution in [1.29, 1.82) is 0 Å². The number of nitrogens with zero attached hydrogens (tertiary/aromatic N) is 1. The topological polar surface area (TPSA) is 38.9 Å². The van der Waals surface area contributed by atoms with Gasteiger partial charge in [0.2, 0.25) is 0 Å². The van der Waals surface area contributed by atoms with Crippen LogP contribution in [0.25, 0.3) is 0 Å². The van der Waals surface area contributed by atoms with Crippen LogP contribution in [0.3, 0.4) is 0 Å². The Balaban J connectivity index is 1.99. The summed E-state index contributed by atoms with van der Waals surface area (Å²) < 4.78 is 13.3. The van der Waals surface area contributed by atoms with E-state index in [9.17, 15) is 4.39 Å². The molecule has 0 bridgehead atoms. The molecule has 0 spiro atoms. The van der Waals surface area contributed by atoms with Crippen LogP contribution in [0.2, 0.25) is 0 Å². The Morgan fingerprint density at radius 2 is 1.94 bits per heavy atom. The number of hydrogen-bond donors (Lipinski definition) is 1. The maximum Gasteiger partial charge on any atom is 0.141 e. The van der Waals surface area contributed by atoms with Crippen molar-refractivity contribution in [1.82, 2.24) is 4.98 Å². The Kier molecular flexibility index (Phi) is 2.63. The molecule has 3 rings (SSSR count). The molecule has 18 heavy (non-hydrogen) atoms. The Bertz CT molecular complexity index is 582. The third kappa shape index (κ3) is 1.91. The standard InChI is InChI=1S/C15H15FN2/c16-14-7-13(9-18-10-14)15(17)6-5-11-3-1-2-4-12(11)8-15/h1-4,7,9-10H,5-6,8,17H2. The van der Waals surface area contributed by atoms with E-state index in [1.54, 1.807) is 6.20 Å². The van der Waals surface area contributed by atoms with Crippen molar-refractivity contribution in [3.63, 3.8) is 0 Å². The number of pyridine rings is 1. The normalized spacial score (nSPS) is 22.6. The summed E-state index contributed by atoms with van der Waals surface area (Å²) in [5.41, 5.74) is 9.36. The number of halogens is 1. The fourth-order valence-electron chi connectivity index (χ4n) is 2.69. The number of rotatable bonds is 1. The van der Waals surface area contributed by atoms with Gasteiger partial charge < -0.3 is 5.73 Å². The average molecular weight is 242 g/mol. The van der Waals surface area contributed by atoms with E-state index >= 15 is 0 Å². The van der Waals surface area contributed by atoms with Gasteiger partial charge in [-0.2, -0.15) is 0 Å². The van der Waals surface area contributed by atoms with Gasteiger partial charge in [0.25, 0.3) is 0 Å². The zero-order valence-corrected chi connectivity index (χ0v) is 10.1. The molecule has 0 saturated heterocycles. The minimum absolute atomic E-state index is 0.323. The van der Waals surface area contributed by atoms with Crippen LogP contribution in [-0.4, -0.2) is 4.98 Å². The van der Waals surface area contributed by atoms with E-state index in [0.717, 1.165) is 24.8 Å². The van der Waals surface area contributed by atoms with E-state index in [-0.39, 0.29) is 5.82 Å². The Morgan fingerprint density at radius 3 is 2.72 bits per heavy atom. The van der Waals surface area contributed by atoms with Crippen molar-refractivity contribution in [2.75, 3.05) is 0 Å². The van der Waals surface area contributed by atoms with Gasteiger partial charge in [-0.3, -0.25) is 4.98 Å². The predicted octanol–water partition coefficient (Wildman–Crippen LogP) is 2.56. The lowest BCUT2D eigenvalue weighted by molar-refractivity contribution is 0.382. The third-order valence-corrected chi connectivity index (χ3v) is 3.74. The number of nitrogens with two attached hydrogens (primary N) is 1. The van der Waals surface area contributed by atoms with E-state index in [1.165, 1.54) is 23.4 Å². The quantitative estimate of drug-likeness (QED) is 0.834. The number of aromatic nitrogens is 1. The van der Waals surface area contributed by atoms with Gasteiger partial charge in [-0.05, 0) is 42.0 Å². The van der Waals surface area contributed by atoms with Gasteiger partial charge in [0.1, 0.15) is 5.82 Å². The molecule has 0 aliphatic heterocycles. The predicted molar refractivity (Wildman–Crippen MR) is 68.5 cm³/mol. The van der Waals surface area contributed by atoms with Gasteiger partial charge >= 0.3 is 0 Å². The Labute approximate surface area is 106 Å². The molecule has 1 aromatic carbocycles. The number of hydrogen-bond acceptors (Lipinski definition) is 2. The zero-order valence-electron chi connectivity index (χ0n) is 10.1. The summed E-state index contributed by atoms with van der Waals surface area (Å²) in [6, 6.07) is 9.81. The summed E-state index contributed by atoms with van der Waals surface area (Å²) in [6.07, 6.45) is 5.40. The molecule has 0 fully saturated rings. The van der Waals surface area contributed by atoms with Crippen LogP contribution >= 0.6 is 0 Å². The molecule has 1 unspecified atom stereocenters. The molecule has 0 amide bonds. The minimum Gasteiger partial charge on any atom is -0.321 e. The summed E-state index contributed by atoms with van der Waals surface area (Å²) in [5, 5.41) is 0. The van der Waals surface area contributed by atoms with Crippen molar-refractivity contribution in [3.05, 3.63) is 65.2 Å². The first-order valence-electron chi connectivity index (χ1n) is 6.14. The lowest BCUT2D eigenvalue weighted by Crippen LogP contribution is -2.42. The van der Waals surface area contributed by atoms with E-state index in [4.69, 9.17) is 5.73 Å². The van der Waals surface area contributed by atoms with E-state index in [0.29, 0.717) is 0 Å². The number of fused-ring (bicyclic) bond motifs is 1. The average Bonchev–Trinajstić information content (AvgIpc) is 2.38. The second-order valence-electron chi connectivity index (χ2n) is 4.99. The Hall–Kier alpha value is -1.74. The van der Waals surface area contributed by atoms with Crippen molar-refractivity contribution in [2.45, 2.75) is 24.8 Å². The van der Waals surface area contributed by atoms with Gasteiger partial charge in [0.05, 0.1) is 6.20 Å². The molecule has 0 radical (unpaired) electrons. The molecule has 1 aromatic heterocycles. The van der Waals surface area contributed by atoms with Crippen molar-refractivity contribution < 1.29 is 4.39 Å². The highest BCUT2D eigenvalue weighted by Crippen LogP contribution is 2.34. The van der Waals surface area contributed by atoms with Crippen LogP contribution in [-0.2, 0) is 18.4 Å². The SMILES string of the molecule is NC1(c2cncc(F)c2)CCc2ccccc2C1. The van der Waals surface area contributed by atoms with Gasteiger partial charge in [0, 0.05) is 11.7 Å². The zero-order chi connectivity index (χ0) is 12.6. The summed E-state index contributed by atoms with van der Waals surface area (Å²) in [6.45, 7) is 0. The van der Waals surface area contributed by atoms with Crippen LogP contribution in [0.4, 0.5) is 4.39 Å². The van der Waals surface area contributed by atoms with Crippen LogP contribution < -0.4 is 5.73 Å². The summed E-state index contributed by atoms with van der Waals surface area (Å²) in [7, 11) is 0. The second kappa shape index (κ2) is 4.18. The largest absolute Gasteiger partial charge is 0.321 e. The molecule has 92 valence electrons. The summed E-state index contributed by atoms with van der Waals surface area (Å²) >= 11 is 0. The van der Waals surface area contributed by atoms with E-state index in [2.05, 4.69) is 17.1 Å². The maximum atomic E-state index is 13.3. The first kappa shape index (κ1) is 11.4. The Morgan fingerprint density at radius 1 is 1.17 bits per heavy atom. The summed E-state index contributed by atoms with van der Waals surface area (Å²) in [5.74, 6) is -0.323. The fourth-order valence-corrected chi connectivity index (χ4v) is 2.69. The molecule has 1 aliphatic carbocycles. The highest BCUT2D eigenvalue weighted by molar-refractivity contribution is 5.35. The van der Waals surface area contributed by atoms with Gasteiger partial charge in [0.15, 0.2) is 0 Å². The lowest BCUT2D eigenvalue weighted by Gasteiger charge is -2.35. The highest BCUT2D eigenvalue weighted by atomic mass is 19.1. The van der Waals surface area contributed by atoms with E-state index in [1.807, 2.05) is 12.1 Å². The van der Waals surface area contributed by atoms with Crippen molar-refractivity contribution >= 4 is 0 Å². The molecule has 1 atom stereocenters. The van der Waals surface area contributed by atoms with Gasteiger partial charge in [-0.25, -0.2) is 4.39 Å². The molecule has 0 saturated carbocycles. The number of benzene rings is 1. The van der Waals surface area contributed by atoms with Crippen LogP contribution in [0.5, 0.6) is 0 Å². The van der Waals surface area contributed by atoms with Gasteiger partial charge in [-0.1, -0.05) is 24.3 Å². The number of aryl methyl sites for hydroxylation is 1. The summed E-state index contributed by atoms with van der Waals surface area (Å²) in [4.78, 5) is 3.91. The van der Waals surface area contributed by atoms with E-state index < -0.39 is 5.54 Å². The molecular weight excluding hydrogens is 227 g/mol. The molecule has 1 aliphatic rings. The van der Waals surface area contributed by atoms with Crippen LogP contribution in [0, 0.1) is 5.82 Å². The fraction of sp³-hybridized carbons (Fsp3) is 0.267. The molecule has 2 nitrogen and oxygen atoms in total. The molecule has 1 heterocycles. The highest BCUT2D eigenvalue weighted by Gasteiger charge is 2.32. The minimum atomic E-state index is -0.497. The smallest absolute Gasteiger partial charge is 0.141 e. The molecule has 2 aromatic rings. The monoisotopic (exact) mass is 242 g/mol. The molecule has 3 heteroatoms. The van der Waals surface area contributed by atoms with Crippen molar-refractivity contribution in [2.24, 2.45) is 5.73 Å². The third-order valence-electron chi connectivity index (χ3n) is 3.74. The first-order valence-corrected chi connectivity index (χ1v) is 6.14. The van der Waals surface area contributed by atoms with Gasteiger partial charge in [-0.15, -0.1) is 0 Å². The molecular formula is C15H15FN2. The first-order chi connectivity index (χ1) is 8.67. The van der Waals surface area contributed by atoms with Crippen molar-refractivity contribution in [3.8, 4) is 0 Å². The van der Waals surface area contributed by atoms with Crippen LogP contribution in [0.15, 0.2) is 42.7 Å². The maximum absolute atomic E-state index is 13.3. The second-order valence-corrected chi connectivity index (χ2v) is 4.99. The molecule has 2 N–H and O–H groups in total.